The molecule has 0 amide bonds. The van der Waals surface area contributed by atoms with Crippen molar-refractivity contribution in [1.29, 1.82) is 0 Å². The predicted octanol–water partition coefficient (Wildman–Crippen LogP) is 4.42. The van der Waals surface area contributed by atoms with E-state index >= 15 is 0 Å². The molecule has 0 unspecified atom stereocenters. The number of benzene rings is 6. The van der Waals surface area contributed by atoms with Crippen molar-refractivity contribution in [1.82, 2.24) is 0 Å². The van der Waals surface area contributed by atoms with E-state index in [0.717, 1.165) is 27.8 Å². The molecule has 5 aliphatic rings. The number of azide groups is 1. The van der Waals surface area contributed by atoms with Crippen molar-refractivity contribution >= 4 is 0 Å². The Kier molecular flexibility index (Phi) is 27.8. The first-order valence-corrected chi connectivity index (χ1v) is 33.4. The number of nitrogens with zero attached hydrogens (tertiary/aromatic N) is 3. The Labute approximate surface area is 578 Å². The van der Waals surface area contributed by atoms with Gasteiger partial charge in [0, 0.05) is 12.0 Å². The number of hydrogen-bond donors (Lipinski definition) is 8. The van der Waals surface area contributed by atoms with Crippen LogP contribution >= 0.6 is 0 Å². The Bertz CT molecular complexity index is 3370. The second kappa shape index (κ2) is 37.2. The highest BCUT2D eigenvalue weighted by Crippen LogP contribution is 2.39. The second-order valence-electron chi connectivity index (χ2n) is 25.1. The normalized spacial score (nSPS) is 34.6. The van der Waals surface area contributed by atoms with Crippen molar-refractivity contribution in [3.63, 3.8) is 0 Å². The van der Waals surface area contributed by atoms with Gasteiger partial charge in [-0.2, -0.15) is 0 Å². The fraction of sp³-hybridized carbons (Fsp3) is 0.507. The minimum atomic E-state index is -2.04. The van der Waals surface area contributed by atoms with Crippen LogP contribution in [0.4, 0.5) is 0 Å². The summed E-state index contributed by atoms with van der Waals surface area (Å²) in [7, 11) is 1.30. The molecular formula is C73H89N3O24. The molecule has 0 saturated carbocycles. The maximum atomic E-state index is 12.8. The molecule has 0 aliphatic carbocycles. The summed E-state index contributed by atoms with van der Waals surface area (Å²) < 4.78 is 104. The van der Waals surface area contributed by atoms with E-state index in [0.29, 0.717) is 5.56 Å². The molecule has 5 heterocycles. The monoisotopic (exact) mass is 1390 g/mol. The lowest BCUT2D eigenvalue weighted by molar-refractivity contribution is -0.383. The molecule has 25 atom stereocenters. The Hall–Kier alpha value is -6.33. The van der Waals surface area contributed by atoms with Gasteiger partial charge in [0.2, 0.25) is 0 Å². The van der Waals surface area contributed by atoms with Crippen LogP contribution in [-0.4, -0.2) is 228 Å². The summed E-state index contributed by atoms with van der Waals surface area (Å²) in [6.45, 7) is -0.315. The zero-order valence-corrected chi connectivity index (χ0v) is 55.3. The summed E-state index contributed by atoms with van der Waals surface area (Å²) in [5.74, 6) is 0. The van der Waals surface area contributed by atoms with Gasteiger partial charge in [0.05, 0.1) is 72.2 Å². The van der Waals surface area contributed by atoms with E-state index in [1.807, 2.05) is 182 Å². The first-order chi connectivity index (χ1) is 48.8. The van der Waals surface area contributed by atoms with Crippen LogP contribution in [-0.2, 0) is 115 Å². The van der Waals surface area contributed by atoms with E-state index < -0.39 is 173 Å². The lowest BCUT2D eigenvalue weighted by Gasteiger charge is -2.50. The molecule has 5 saturated heterocycles. The van der Waals surface area contributed by atoms with Gasteiger partial charge in [0.25, 0.3) is 0 Å². The first kappa shape index (κ1) is 74.8. The van der Waals surface area contributed by atoms with Crippen LogP contribution in [0, 0.1) is 0 Å². The number of rotatable bonds is 32. The van der Waals surface area contributed by atoms with Gasteiger partial charge in [-0.1, -0.05) is 187 Å². The van der Waals surface area contributed by atoms with E-state index in [9.17, 15) is 46.4 Å². The van der Waals surface area contributed by atoms with E-state index in [1.54, 1.807) is 0 Å². The van der Waals surface area contributed by atoms with Gasteiger partial charge < -0.3 is 117 Å². The molecule has 0 spiro atoms. The van der Waals surface area contributed by atoms with E-state index in [-0.39, 0.29) is 46.2 Å². The van der Waals surface area contributed by atoms with Crippen molar-refractivity contribution in [3.05, 3.63) is 226 Å². The Morgan fingerprint density at radius 3 is 1.26 bits per heavy atom. The van der Waals surface area contributed by atoms with Crippen LogP contribution in [0.2, 0.25) is 0 Å². The van der Waals surface area contributed by atoms with E-state index in [1.165, 1.54) is 14.0 Å². The Morgan fingerprint density at radius 2 is 0.750 bits per heavy atom. The summed E-state index contributed by atoms with van der Waals surface area (Å²) in [5.41, 5.74) is 15.0. The summed E-state index contributed by atoms with van der Waals surface area (Å²) in [6, 6.07) is 54.1. The fourth-order valence-electron chi connectivity index (χ4n) is 12.7. The topological polar surface area (TPSA) is 358 Å². The zero-order valence-electron chi connectivity index (χ0n) is 55.3. The summed E-state index contributed by atoms with van der Waals surface area (Å²) in [6.07, 6.45) is -35.6. The summed E-state index contributed by atoms with van der Waals surface area (Å²) in [4.78, 5) is 3.15. The van der Waals surface area contributed by atoms with Crippen LogP contribution in [0.15, 0.2) is 187 Å². The summed E-state index contributed by atoms with van der Waals surface area (Å²) >= 11 is 0. The Balaban J connectivity index is 0.913. The predicted molar refractivity (Wildman–Crippen MR) is 351 cm³/mol. The molecule has 0 aromatic heterocycles. The van der Waals surface area contributed by atoms with Crippen LogP contribution in [0.3, 0.4) is 0 Å². The quantitative estimate of drug-likeness (QED) is 0.0165. The third-order valence-electron chi connectivity index (χ3n) is 18.1. The van der Waals surface area contributed by atoms with Gasteiger partial charge >= 0.3 is 0 Å². The highest BCUT2D eigenvalue weighted by molar-refractivity contribution is 5.19. The van der Waals surface area contributed by atoms with Crippen molar-refractivity contribution in [2.75, 3.05) is 33.5 Å². The molecule has 8 N–H and O–H groups in total. The number of ether oxygens (including phenoxy) is 16. The van der Waals surface area contributed by atoms with Crippen LogP contribution < -0.4 is 0 Å². The lowest BCUT2D eigenvalue weighted by atomic mass is 9.94. The van der Waals surface area contributed by atoms with E-state index in [2.05, 4.69) is 10.0 Å². The molecule has 540 valence electrons. The van der Waals surface area contributed by atoms with Crippen LogP contribution in [0.5, 0.6) is 0 Å². The molecule has 6 aromatic carbocycles. The number of hydrogen-bond acceptors (Lipinski definition) is 25. The molecule has 6 aromatic rings. The smallest absolute Gasteiger partial charge is 0.187 e. The minimum Gasteiger partial charge on any atom is -0.394 e. The molecule has 5 aliphatic heterocycles. The first-order valence-electron chi connectivity index (χ1n) is 33.4. The van der Waals surface area contributed by atoms with Gasteiger partial charge in [-0.05, 0) is 45.8 Å². The number of aliphatic hydroxyl groups excluding tert-OH is 8. The SMILES string of the molecule is CO[C@H]1O[C@H](COCc2ccccc2)[C@H](O[C@H]2O[C@H](CO[C@@H]3O[C@@H](C)[C@H](O)[C@@H](O)[C@H]3O)[C@@H](OCc3ccccc3)[C@H](O)[C@H]2OCc2ccccc2)[C@H](O[C@@H]2O[C@H](CO[C@H]3O[C@H](CO)[C@@H](OCc4ccccc4)[C@H](OCc4ccccc4)[C@H]3OCc3ccccc3)[C@@H](O)[C@H](O)[C@H]2O)[C@H]1N=[N+]=[N-]. The van der Waals surface area contributed by atoms with Crippen molar-refractivity contribution in [2.45, 2.75) is 200 Å². The molecule has 0 bridgehead atoms. The second-order valence-corrected chi connectivity index (χ2v) is 25.1. The van der Waals surface area contributed by atoms with Gasteiger partial charge in [-0.15, -0.1) is 0 Å². The van der Waals surface area contributed by atoms with Crippen molar-refractivity contribution < 1.29 is 117 Å². The average Bonchev–Trinajstić information content (AvgIpc) is 0.770. The standard InChI is InChI=1S/C73H89N3O24/c1-43-55(78)57(80)59(82)70(94-43)92-42-53-62(87-35-45-23-11-4-12-24-45)61(84)66(89-37-47-27-15-6-16-28-47)73(98-53)99-64-52(40-86-34-44-21-9-3-10-22-44)97-69(85-2)54(75-76-74)65(64)100-71-60(83)58(81)56(79)51(96-71)41-93-72-68(91-39-49-31-19-8-20-32-49)67(90-38-48-29-17-7-18-30-48)63(50(33-77)95-72)88-36-46-25-13-5-14-26-46/h3-32,43,50-73,77-84H,33-42H2,1-2H3/t43-,50+,51+,52+,53+,54+,55-,56+,57+,58-,59+,60+,61-,62+,63+,64-,65+,66+,67-,68+,69-,70+,71-,72-,73+/m0/s1. The average molecular weight is 1390 g/mol. The Morgan fingerprint density at radius 1 is 0.350 bits per heavy atom. The maximum absolute atomic E-state index is 12.8. The van der Waals surface area contributed by atoms with Crippen molar-refractivity contribution in [3.8, 4) is 0 Å². The van der Waals surface area contributed by atoms with E-state index in [4.69, 9.17) is 75.8 Å². The molecular weight excluding hydrogens is 1300 g/mol. The molecule has 100 heavy (non-hydrogen) atoms. The van der Waals surface area contributed by atoms with Gasteiger partial charge in [-0.3, -0.25) is 0 Å². The molecule has 27 nitrogen and oxygen atoms in total. The van der Waals surface area contributed by atoms with Gasteiger partial charge in [-0.25, -0.2) is 0 Å². The highest BCUT2D eigenvalue weighted by atomic mass is 16.8. The minimum absolute atomic E-state index is 0.0391. The van der Waals surface area contributed by atoms with Gasteiger partial charge in [0.15, 0.2) is 31.5 Å². The van der Waals surface area contributed by atoms with Crippen LogP contribution in [0.25, 0.3) is 10.4 Å². The van der Waals surface area contributed by atoms with Gasteiger partial charge in [0.1, 0.15) is 116 Å². The highest BCUT2D eigenvalue weighted by Gasteiger charge is 2.57. The summed E-state index contributed by atoms with van der Waals surface area (Å²) in [5, 5.41) is 96.4. The molecule has 0 radical (unpaired) electrons. The molecule has 11 rings (SSSR count). The lowest BCUT2D eigenvalue weighted by Crippen LogP contribution is -2.67. The third-order valence-corrected chi connectivity index (χ3v) is 18.1. The molecule has 5 fully saturated rings. The number of methoxy groups -OCH3 is 1. The third kappa shape index (κ3) is 19.3. The van der Waals surface area contributed by atoms with Crippen LogP contribution in [0.1, 0.15) is 40.3 Å². The fourth-order valence-corrected chi connectivity index (χ4v) is 12.7. The number of aliphatic hydroxyl groups is 8. The largest absolute Gasteiger partial charge is 0.394 e. The maximum Gasteiger partial charge on any atom is 0.187 e. The molecule has 27 heteroatoms. The zero-order chi connectivity index (χ0) is 69.9. The van der Waals surface area contributed by atoms with Crippen molar-refractivity contribution in [2.24, 2.45) is 5.11 Å².